The van der Waals surface area contributed by atoms with E-state index >= 15 is 0 Å². The summed E-state index contributed by atoms with van der Waals surface area (Å²) in [6.45, 7) is 0.438. The molecule has 17 heavy (non-hydrogen) atoms. The van der Waals surface area contributed by atoms with Gasteiger partial charge >= 0.3 is 0 Å². The number of nitriles is 1. The monoisotopic (exact) mass is 235 g/mol. The number of carbonyl (C=O) groups is 2. The Morgan fingerprint density at radius 1 is 1.53 bits per heavy atom. The van der Waals surface area contributed by atoms with Crippen LogP contribution in [0.1, 0.15) is 38.5 Å². The van der Waals surface area contributed by atoms with E-state index in [0.29, 0.717) is 25.8 Å². The summed E-state index contributed by atoms with van der Waals surface area (Å²) in [5.41, 5.74) is -0.817. The Morgan fingerprint density at radius 2 is 2.24 bits per heavy atom. The van der Waals surface area contributed by atoms with Crippen molar-refractivity contribution in [2.45, 2.75) is 44.6 Å². The molecular weight excluding hydrogens is 218 g/mol. The van der Waals surface area contributed by atoms with Gasteiger partial charge in [0.15, 0.2) is 0 Å². The zero-order chi connectivity index (χ0) is 12.3. The fourth-order valence-electron chi connectivity index (χ4n) is 2.58. The number of rotatable bonds is 3. The summed E-state index contributed by atoms with van der Waals surface area (Å²) in [4.78, 5) is 23.0. The third-order valence-corrected chi connectivity index (χ3v) is 3.70. The molecule has 1 aliphatic heterocycles. The highest BCUT2D eigenvalue weighted by Crippen LogP contribution is 2.37. The molecule has 0 aromatic carbocycles. The first-order chi connectivity index (χ1) is 8.16. The van der Waals surface area contributed by atoms with Gasteiger partial charge in [0.05, 0.1) is 6.07 Å². The van der Waals surface area contributed by atoms with Crippen LogP contribution in [0.25, 0.3) is 0 Å². The van der Waals surface area contributed by atoms with E-state index < -0.39 is 5.41 Å². The van der Waals surface area contributed by atoms with E-state index in [4.69, 9.17) is 5.26 Å². The number of nitrogens with one attached hydrogen (secondary N) is 2. The molecule has 1 unspecified atom stereocenters. The number of carbonyl (C=O) groups excluding carboxylic acids is 2. The first-order valence-electron chi connectivity index (χ1n) is 6.15. The first-order valence-corrected chi connectivity index (χ1v) is 6.15. The predicted molar refractivity (Wildman–Crippen MR) is 60.7 cm³/mol. The second-order valence-electron chi connectivity index (χ2n) is 4.91. The second-order valence-corrected chi connectivity index (χ2v) is 4.91. The Morgan fingerprint density at radius 3 is 2.76 bits per heavy atom. The molecule has 1 saturated heterocycles. The van der Waals surface area contributed by atoms with Crippen molar-refractivity contribution in [1.82, 2.24) is 10.6 Å². The summed E-state index contributed by atoms with van der Waals surface area (Å²) in [6, 6.07) is 2.19. The maximum atomic E-state index is 12.0. The highest BCUT2D eigenvalue weighted by Gasteiger charge is 2.41. The summed E-state index contributed by atoms with van der Waals surface area (Å²) in [6.07, 6.45) is 4.50. The van der Waals surface area contributed by atoms with Gasteiger partial charge in [0.2, 0.25) is 11.8 Å². The maximum Gasteiger partial charge on any atom is 0.240 e. The molecule has 0 spiro atoms. The van der Waals surface area contributed by atoms with E-state index in [9.17, 15) is 9.59 Å². The molecule has 0 aromatic heterocycles. The second kappa shape index (κ2) is 4.74. The van der Waals surface area contributed by atoms with Gasteiger partial charge in [0.1, 0.15) is 5.41 Å². The third kappa shape index (κ3) is 2.41. The van der Waals surface area contributed by atoms with Crippen molar-refractivity contribution in [3.05, 3.63) is 0 Å². The molecule has 2 amide bonds. The van der Waals surface area contributed by atoms with Crippen molar-refractivity contribution in [2.24, 2.45) is 5.41 Å². The molecule has 1 aliphatic carbocycles. The van der Waals surface area contributed by atoms with E-state index in [1.165, 1.54) is 0 Å². The lowest BCUT2D eigenvalue weighted by atomic mass is 9.87. The number of hydrogen-bond acceptors (Lipinski definition) is 3. The normalized spacial score (nSPS) is 26.3. The predicted octanol–water partition coefficient (Wildman–Crippen LogP) is 0.465. The van der Waals surface area contributed by atoms with Crippen LogP contribution in [0, 0.1) is 16.7 Å². The van der Waals surface area contributed by atoms with Crippen molar-refractivity contribution in [3.8, 4) is 6.07 Å². The molecular formula is C12H17N3O2. The van der Waals surface area contributed by atoms with Gasteiger partial charge in [-0.3, -0.25) is 9.59 Å². The van der Waals surface area contributed by atoms with Gasteiger partial charge in [-0.2, -0.15) is 5.26 Å². The number of amides is 2. The van der Waals surface area contributed by atoms with Gasteiger partial charge in [-0.05, 0) is 19.3 Å². The van der Waals surface area contributed by atoms with Gasteiger partial charge in [0, 0.05) is 19.0 Å². The number of nitrogens with zero attached hydrogens (tertiary/aromatic N) is 1. The summed E-state index contributed by atoms with van der Waals surface area (Å²) in [5.74, 6) is -0.126. The minimum absolute atomic E-state index is 0.0311. The minimum atomic E-state index is -0.817. The van der Waals surface area contributed by atoms with Crippen LogP contribution in [0.15, 0.2) is 0 Å². The summed E-state index contributed by atoms with van der Waals surface area (Å²) < 4.78 is 0. The molecule has 1 atom stereocenters. The molecule has 5 heteroatoms. The van der Waals surface area contributed by atoms with E-state index in [0.717, 1.165) is 19.3 Å². The van der Waals surface area contributed by atoms with Crippen molar-refractivity contribution in [1.29, 1.82) is 5.26 Å². The molecule has 0 aromatic rings. The van der Waals surface area contributed by atoms with Crippen LogP contribution in [0.3, 0.4) is 0 Å². The molecule has 2 N–H and O–H groups in total. The SMILES string of the molecule is N#CC1(C(=O)NCC2CCC(=O)N2)CCCC1. The first kappa shape index (κ1) is 11.9. The van der Waals surface area contributed by atoms with Crippen molar-refractivity contribution in [2.75, 3.05) is 6.54 Å². The Labute approximate surface area is 101 Å². The number of hydrogen-bond donors (Lipinski definition) is 2. The van der Waals surface area contributed by atoms with Gasteiger partial charge in [-0.1, -0.05) is 12.8 Å². The summed E-state index contributed by atoms with van der Waals surface area (Å²) in [5, 5.41) is 14.7. The van der Waals surface area contributed by atoms with Crippen LogP contribution >= 0.6 is 0 Å². The Kier molecular flexibility index (Phi) is 3.32. The topological polar surface area (TPSA) is 82.0 Å². The lowest BCUT2D eigenvalue weighted by Crippen LogP contribution is -2.44. The largest absolute Gasteiger partial charge is 0.353 e. The van der Waals surface area contributed by atoms with Crippen molar-refractivity contribution in [3.63, 3.8) is 0 Å². The summed E-state index contributed by atoms with van der Waals surface area (Å²) in [7, 11) is 0. The van der Waals surface area contributed by atoms with E-state index in [1.54, 1.807) is 0 Å². The van der Waals surface area contributed by atoms with Gasteiger partial charge < -0.3 is 10.6 Å². The lowest BCUT2D eigenvalue weighted by molar-refractivity contribution is -0.128. The Hall–Kier alpha value is -1.57. The molecule has 2 rings (SSSR count). The Balaban J connectivity index is 1.85. The van der Waals surface area contributed by atoms with Gasteiger partial charge in [-0.25, -0.2) is 0 Å². The van der Waals surface area contributed by atoms with Gasteiger partial charge in [-0.15, -0.1) is 0 Å². The molecule has 1 heterocycles. The van der Waals surface area contributed by atoms with Crippen molar-refractivity contribution >= 4 is 11.8 Å². The van der Waals surface area contributed by atoms with Crippen LogP contribution in [-0.2, 0) is 9.59 Å². The fraction of sp³-hybridized carbons (Fsp3) is 0.750. The molecule has 2 aliphatic rings. The molecule has 0 radical (unpaired) electrons. The fourth-order valence-corrected chi connectivity index (χ4v) is 2.58. The van der Waals surface area contributed by atoms with Crippen LogP contribution in [-0.4, -0.2) is 24.4 Å². The van der Waals surface area contributed by atoms with Crippen molar-refractivity contribution < 1.29 is 9.59 Å². The lowest BCUT2D eigenvalue weighted by Gasteiger charge is -2.20. The molecule has 5 nitrogen and oxygen atoms in total. The average Bonchev–Trinajstić information content (AvgIpc) is 2.95. The van der Waals surface area contributed by atoms with E-state index in [1.807, 2.05) is 0 Å². The highest BCUT2D eigenvalue weighted by molar-refractivity contribution is 5.86. The average molecular weight is 235 g/mol. The quantitative estimate of drug-likeness (QED) is 0.745. The van der Waals surface area contributed by atoms with Crippen LogP contribution in [0.4, 0.5) is 0 Å². The molecule has 0 bridgehead atoms. The Bertz CT molecular complexity index is 366. The zero-order valence-electron chi connectivity index (χ0n) is 9.79. The van der Waals surface area contributed by atoms with Crippen LogP contribution in [0.2, 0.25) is 0 Å². The standard InChI is InChI=1S/C12H17N3O2/c13-8-12(5-1-2-6-12)11(17)14-7-9-3-4-10(16)15-9/h9H,1-7H2,(H,14,17)(H,15,16). The summed E-state index contributed by atoms with van der Waals surface area (Å²) >= 11 is 0. The minimum Gasteiger partial charge on any atom is -0.353 e. The smallest absolute Gasteiger partial charge is 0.240 e. The highest BCUT2D eigenvalue weighted by atomic mass is 16.2. The molecule has 92 valence electrons. The van der Waals surface area contributed by atoms with Gasteiger partial charge in [0.25, 0.3) is 0 Å². The zero-order valence-corrected chi connectivity index (χ0v) is 9.79. The van der Waals surface area contributed by atoms with E-state index in [-0.39, 0.29) is 17.9 Å². The van der Waals surface area contributed by atoms with Crippen LogP contribution < -0.4 is 10.6 Å². The third-order valence-electron chi connectivity index (χ3n) is 3.70. The maximum absolute atomic E-state index is 12.0. The van der Waals surface area contributed by atoms with Crippen LogP contribution in [0.5, 0.6) is 0 Å². The molecule has 2 fully saturated rings. The van der Waals surface area contributed by atoms with E-state index in [2.05, 4.69) is 16.7 Å². The molecule has 1 saturated carbocycles.